The number of carbonyl (C=O) groups is 18. The van der Waals surface area contributed by atoms with E-state index in [4.69, 9.17) is 39.8 Å². The van der Waals surface area contributed by atoms with E-state index in [0.29, 0.717) is 16.7 Å². The molecule has 124 heavy (non-hydrogen) atoms. The van der Waals surface area contributed by atoms with Crippen LogP contribution in [0.5, 0.6) is 5.75 Å². The number of carboxylic acids is 2. The topological polar surface area (TPSA) is 719 Å². The largest absolute Gasteiger partial charge is 0.508 e. The molecule has 29 N–H and O–H groups in total. The fourth-order valence-corrected chi connectivity index (χ4v) is 14.0. The first kappa shape index (κ1) is 102. The molecular weight excluding hydrogens is 1620 g/mol. The highest BCUT2D eigenvalue weighted by Crippen LogP contribution is 2.24. The molecule has 0 spiro atoms. The van der Waals surface area contributed by atoms with Gasteiger partial charge in [0, 0.05) is 45.3 Å². The first-order valence-corrected chi connectivity index (χ1v) is 40.9. The second-order valence-electron chi connectivity index (χ2n) is 31.4. The Morgan fingerprint density at radius 3 is 1.23 bits per heavy atom. The quantitative estimate of drug-likeness (QED) is 0.0142. The van der Waals surface area contributed by atoms with E-state index in [0.717, 1.165) is 9.80 Å². The number of hydrogen-bond donors (Lipinski definition) is 23. The van der Waals surface area contributed by atoms with Crippen molar-refractivity contribution in [2.24, 2.45) is 46.2 Å². The summed E-state index contributed by atoms with van der Waals surface area (Å²) in [6.07, 6.45) is -5.00. The lowest BCUT2D eigenvalue weighted by atomic mass is 9.98. The summed E-state index contributed by atoms with van der Waals surface area (Å²) in [7, 11) is 0. The van der Waals surface area contributed by atoms with E-state index in [9.17, 15) is 107 Å². The summed E-state index contributed by atoms with van der Waals surface area (Å²) in [5.74, 6) is -21.1. The number of aliphatic hydroxyl groups excluding tert-OH is 1. The number of benzene rings is 3. The van der Waals surface area contributed by atoms with Crippen molar-refractivity contribution in [3.63, 3.8) is 0 Å². The van der Waals surface area contributed by atoms with Gasteiger partial charge in [0.15, 0.2) is 5.96 Å². The molecule has 0 aromatic heterocycles. The van der Waals surface area contributed by atoms with Crippen LogP contribution >= 0.6 is 0 Å². The molecule has 0 bridgehead atoms. The molecule has 2 aliphatic rings. The van der Waals surface area contributed by atoms with Crippen molar-refractivity contribution in [2.75, 3.05) is 32.8 Å². The summed E-state index contributed by atoms with van der Waals surface area (Å²) in [6.45, 7) is 5.93. The number of nitrogens with zero attached hydrogens (tertiary/aromatic N) is 2. The molecule has 0 radical (unpaired) electrons. The van der Waals surface area contributed by atoms with Crippen molar-refractivity contribution >= 4 is 112 Å². The normalized spacial score (nSPS) is 16.5. The van der Waals surface area contributed by atoms with Crippen molar-refractivity contribution in [3.05, 3.63) is 102 Å². The number of aromatic hydroxyl groups is 1. The Balaban J connectivity index is 1.37. The molecule has 2 saturated heterocycles. The van der Waals surface area contributed by atoms with Crippen LogP contribution in [0.4, 0.5) is 0 Å². The van der Waals surface area contributed by atoms with Gasteiger partial charge < -0.3 is 128 Å². The highest BCUT2D eigenvalue weighted by molar-refractivity contribution is 6.02. The first-order valence-electron chi connectivity index (χ1n) is 40.9. The Kier molecular flexibility index (Phi) is 41.9. The summed E-state index contributed by atoms with van der Waals surface area (Å²) < 4.78 is 0. The number of primary amides is 3. The van der Waals surface area contributed by atoms with E-state index in [1.807, 2.05) is 0 Å². The highest BCUT2D eigenvalue weighted by atomic mass is 16.4. The minimum Gasteiger partial charge on any atom is -0.508 e. The number of amides is 16. The highest BCUT2D eigenvalue weighted by Gasteiger charge is 2.44. The van der Waals surface area contributed by atoms with Crippen LogP contribution in [-0.4, -0.2) is 260 Å². The first-order chi connectivity index (χ1) is 58.7. The van der Waals surface area contributed by atoms with Crippen LogP contribution in [0.3, 0.4) is 0 Å². The standard InChI is InChI=1S/C81H119N21O22/c1-43(2)34-54(95-72(116)55(35-44(3)4)96-74(118)56(94-68(112)49(83)42-103)37-46-18-9-6-10-19-46)71(115)91-51(21-13-31-89-81(87)88)70(114)100-60(40-64(85)106)80(124)102-33-15-23-62(102)78(122)99-58(39-63(84)105)75(119)98-59(41-66(109)110)76(120)90-50(20-11-12-30-82)69(113)97-57(38-47-24-26-48(104)27-25-47)73(117)92-52(28-29-65(107)108)79(123)101-32-14-22-61(101)77(121)93-53(67(86)111)36-45-16-7-5-8-17-45/h5-10,16-19,24-27,43-44,49-62,103-104H,11-15,20-23,28-42,82-83H2,1-4H3,(H2,84,105)(H2,85,106)(H2,86,111)(H,90,120)(H,91,115)(H,92,117)(H,93,121)(H,94,112)(H,95,116)(H,96,118)(H,97,113)(H,98,119)(H,99,122)(H,100,114)(H,107,108)(H,109,110)(H4,87,88,89)/t49-,50-,51-,52-,53-,54-,55-,56-,57-,58-,59-,60-,61-,62-/m0/s1. The Morgan fingerprint density at radius 2 is 0.798 bits per heavy atom. The van der Waals surface area contributed by atoms with Gasteiger partial charge in [0.25, 0.3) is 0 Å². The van der Waals surface area contributed by atoms with Crippen molar-refractivity contribution in [3.8, 4) is 5.75 Å². The maximum atomic E-state index is 14.8. The molecular formula is C81H119N21O22. The molecule has 680 valence electrons. The van der Waals surface area contributed by atoms with Gasteiger partial charge in [0.2, 0.25) is 94.5 Å². The number of aliphatic carboxylic acids is 2. The zero-order chi connectivity index (χ0) is 92.0. The van der Waals surface area contributed by atoms with Crippen LogP contribution in [0.1, 0.15) is 147 Å². The third-order valence-electron chi connectivity index (χ3n) is 20.3. The molecule has 16 amide bonds. The third kappa shape index (κ3) is 34.5. The van der Waals surface area contributed by atoms with Gasteiger partial charge in [-0.25, -0.2) is 0 Å². The number of hydrogen-bond acceptors (Lipinski definition) is 23. The summed E-state index contributed by atoms with van der Waals surface area (Å²) in [6, 6.07) is 0.0826. The van der Waals surface area contributed by atoms with Gasteiger partial charge in [-0.05, 0) is 124 Å². The van der Waals surface area contributed by atoms with Crippen molar-refractivity contribution < 1.29 is 107 Å². The average Bonchev–Trinajstić information content (AvgIpc) is 1.67. The fraction of sp³-hybridized carbons (Fsp3) is 0.543. The zero-order valence-corrected chi connectivity index (χ0v) is 69.8. The molecule has 2 fully saturated rings. The molecule has 43 nitrogen and oxygen atoms in total. The number of carboxylic acid groups (broad SMARTS) is 2. The van der Waals surface area contributed by atoms with Crippen molar-refractivity contribution in [1.29, 1.82) is 5.41 Å². The van der Waals surface area contributed by atoms with Gasteiger partial charge in [0.1, 0.15) is 90.3 Å². The predicted molar refractivity (Wildman–Crippen MR) is 445 cm³/mol. The van der Waals surface area contributed by atoms with Crippen molar-refractivity contribution in [1.82, 2.24) is 73.6 Å². The number of phenolic OH excluding ortho intramolecular Hbond substituents is 1. The van der Waals surface area contributed by atoms with Crippen LogP contribution in [0.2, 0.25) is 0 Å². The lowest BCUT2D eigenvalue weighted by Crippen LogP contribution is -2.61. The summed E-state index contributed by atoms with van der Waals surface area (Å²) in [5, 5.41) is 77.4. The van der Waals surface area contributed by atoms with E-state index < -0.39 is 242 Å². The predicted octanol–water partition coefficient (Wildman–Crippen LogP) is -5.89. The number of phenols is 1. The fourth-order valence-electron chi connectivity index (χ4n) is 14.0. The van der Waals surface area contributed by atoms with Gasteiger partial charge in [-0.2, -0.15) is 0 Å². The maximum Gasteiger partial charge on any atom is 0.305 e. The Bertz CT molecular complexity index is 4220. The summed E-state index contributed by atoms with van der Waals surface area (Å²) >= 11 is 0. The monoisotopic (exact) mass is 1740 g/mol. The Hall–Kier alpha value is -12.9. The van der Waals surface area contributed by atoms with E-state index >= 15 is 0 Å². The lowest BCUT2D eigenvalue weighted by molar-refractivity contribution is -0.144. The molecule has 0 aliphatic carbocycles. The van der Waals surface area contributed by atoms with Crippen molar-refractivity contribution in [2.45, 2.75) is 234 Å². The molecule has 43 heteroatoms. The van der Waals surface area contributed by atoms with Gasteiger partial charge in [-0.15, -0.1) is 0 Å². The number of carbonyl (C=O) groups excluding carboxylic acids is 16. The second-order valence-corrected chi connectivity index (χ2v) is 31.4. The summed E-state index contributed by atoms with van der Waals surface area (Å²) in [4.78, 5) is 252. The average molecular weight is 1740 g/mol. The van der Waals surface area contributed by atoms with Gasteiger partial charge in [-0.1, -0.05) is 100 Å². The summed E-state index contributed by atoms with van der Waals surface area (Å²) in [5.41, 5.74) is 35.6. The number of nitrogens with one attached hydrogen (secondary N) is 13. The number of aliphatic hydroxyl groups is 1. The molecule has 0 unspecified atom stereocenters. The van der Waals surface area contributed by atoms with Crippen LogP contribution in [0, 0.1) is 17.2 Å². The molecule has 3 aromatic rings. The van der Waals surface area contributed by atoms with Crippen LogP contribution < -0.4 is 98.2 Å². The molecule has 2 aliphatic heterocycles. The Labute approximate surface area is 715 Å². The zero-order valence-electron chi connectivity index (χ0n) is 69.8. The third-order valence-corrected chi connectivity index (χ3v) is 20.3. The van der Waals surface area contributed by atoms with E-state index in [1.165, 1.54) is 24.3 Å². The Morgan fingerprint density at radius 1 is 0.427 bits per heavy atom. The van der Waals surface area contributed by atoms with E-state index in [-0.39, 0.29) is 127 Å². The van der Waals surface area contributed by atoms with Gasteiger partial charge in [0.05, 0.1) is 25.9 Å². The number of likely N-dealkylation sites (tertiary alicyclic amines) is 2. The van der Waals surface area contributed by atoms with Gasteiger partial charge >= 0.3 is 11.9 Å². The van der Waals surface area contributed by atoms with Crippen LogP contribution in [0.15, 0.2) is 84.9 Å². The molecule has 14 atom stereocenters. The SMILES string of the molecule is CC(C)C[C@H](NC(=O)[C@H](CC(C)C)NC(=O)[C@H](Cc1ccccc1)NC(=O)[C@@H](N)CO)C(=O)N[C@@H](CCCNC(=N)N)C(=O)N[C@@H](CC(N)=O)C(=O)N1CCC[C@H]1C(=O)N[C@@H](CC(N)=O)C(=O)N[C@@H](CC(=O)O)C(=O)N[C@@H](CCCCN)C(=O)N[C@@H](Cc1ccc(O)cc1)C(=O)N[C@@H](CCC(=O)O)C(=O)N1CCC[C@H]1C(=O)N[C@@H](Cc1ccccc1)C(N)=O. The number of unbranched alkanes of at least 4 members (excludes halogenated alkanes) is 1. The molecule has 2 heterocycles. The van der Waals surface area contributed by atoms with E-state index in [2.05, 4.69) is 63.8 Å². The molecule has 0 saturated carbocycles. The lowest BCUT2D eigenvalue weighted by Gasteiger charge is -2.31. The molecule has 5 rings (SSSR count). The minimum absolute atomic E-state index is 0.000903. The second kappa shape index (κ2) is 51.1. The van der Waals surface area contributed by atoms with Crippen LogP contribution in [-0.2, 0) is 106 Å². The van der Waals surface area contributed by atoms with E-state index in [1.54, 1.807) is 88.4 Å². The van der Waals surface area contributed by atoms with Gasteiger partial charge in [-0.3, -0.25) is 91.7 Å². The minimum atomic E-state index is -2.16. The number of rotatable bonds is 53. The van der Waals surface area contributed by atoms with Crippen LogP contribution in [0.25, 0.3) is 0 Å². The number of guanidine groups is 1. The number of nitrogens with two attached hydrogens (primary N) is 6. The molecule has 3 aromatic carbocycles. The smallest absolute Gasteiger partial charge is 0.305 e. The maximum absolute atomic E-state index is 14.8.